The molecule has 2 saturated heterocycles. The lowest BCUT2D eigenvalue weighted by Crippen LogP contribution is -2.42. The quantitative estimate of drug-likeness (QED) is 0.854. The Morgan fingerprint density at radius 1 is 1.32 bits per heavy atom. The number of rotatable bonds is 3. The molecule has 2 aromatic heterocycles. The Kier molecular flexibility index (Phi) is 3.39. The van der Waals surface area contributed by atoms with Gasteiger partial charge >= 0.3 is 0 Å². The van der Waals surface area contributed by atoms with Crippen molar-refractivity contribution in [1.29, 1.82) is 0 Å². The van der Waals surface area contributed by atoms with Gasteiger partial charge < -0.3 is 15.1 Å². The zero-order chi connectivity index (χ0) is 15.1. The highest BCUT2D eigenvalue weighted by Crippen LogP contribution is 2.28. The average Bonchev–Trinajstić information content (AvgIpc) is 3.23. The molecule has 2 aliphatic heterocycles. The molecular weight excluding hydrogens is 302 g/mol. The van der Waals surface area contributed by atoms with Crippen LogP contribution in [0.25, 0.3) is 11.5 Å². The van der Waals surface area contributed by atoms with E-state index in [2.05, 4.69) is 15.6 Å². The highest BCUT2D eigenvalue weighted by molar-refractivity contribution is 6.29. The molecule has 0 saturated carbocycles. The van der Waals surface area contributed by atoms with Crippen molar-refractivity contribution in [1.82, 2.24) is 15.6 Å². The number of aromatic nitrogens is 1. The van der Waals surface area contributed by atoms with E-state index in [1.807, 2.05) is 0 Å². The minimum absolute atomic E-state index is 0.173. The van der Waals surface area contributed by atoms with Crippen LogP contribution in [0, 0.1) is 0 Å². The molecule has 2 fully saturated rings. The number of nitrogens with one attached hydrogen (secondary N) is 2. The number of pyridine rings is 1. The van der Waals surface area contributed by atoms with Crippen molar-refractivity contribution in [3.8, 4) is 11.5 Å². The van der Waals surface area contributed by atoms with Gasteiger partial charge in [-0.25, -0.2) is 4.98 Å². The summed E-state index contributed by atoms with van der Waals surface area (Å²) < 4.78 is 5.62. The Bertz CT molecular complexity index is 715. The van der Waals surface area contributed by atoms with Gasteiger partial charge in [-0.05, 0) is 43.5 Å². The summed E-state index contributed by atoms with van der Waals surface area (Å²) in [6, 6.07) is 9.87. The van der Waals surface area contributed by atoms with Gasteiger partial charge in [0, 0.05) is 18.1 Å². The van der Waals surface area contributed by atoms with E-state index in [0.717, 1.165) is 12.8 Å². The molecule has 0 radical (unpaired) electrons. The highest BCUT2D eigenvalue weighted by atomic mass is 35.5. The predicted molar refractivity (Wildman–Crippen MR) is 82.8 cm³/mol. The molecule has 0 aromatic carbocycles. The van der Waals surface area contributed by atoms with Crippen LogP contribution in [-0.4, -0.2) is 29.0 Å². The van der Waals surface area contributed by atoms with Gasteiger partial charge in [0.05, 0.1) is 0 Å². The second-order valence-corrected chi connectivity index (χ2v) is 6.26. The zero-order valence-corrected chi connectivity index (χ0v) is 12.6. The average molecular weight is 318 g/mol. The normalized spacial score (nSPS) is 26.3. The summed E-state index contributed by atoms with van der Waals surface area (Å²) in [6.45, 7) is 0. The number of carbonyl (C=O) groups excluding carboxylic acids is 1. The maximum absolute atomic E-state index is 12.3. The summed E-state index contributed by atoms with van der Waals surface area (Å²) in [5.41, 5.74) is 0.619. The fraction of sp³-hybridized carbons (Fsp3) is 0.375. The van der Waals surface area contributed by atoms with Crippen molar-refractivity contribution >= 4 is 17.5 Å². The first-order valence-corrected chi connectivity index (χ1v) is 7.86. The minimum atomic E-state index is -0.173. The fourth-order valence-electron chi connectivity index (χ4n) is 3.37. The van der Waals surface area contributed by atoms with Gasteiger partial charge in [-0.2, -0.15) is 0 Å². The molecule has 2 N–H and O–H groups in total. The molecule has 114 valence electrons. The van der Waals surface area contributed by atoms with Gasteiger partial charge in [-0.3, -0.25) is 4.79 Å². The van der Waals surface area contributed by atoms with Crippen LogP contribution in [0.2, 0.25) is 5.15 Å². The van der Waals surface area contributed by atoms with Crippen LogP contribution in [0.1, 0.15) is 29.8 Å². The lowest BCUT2D eigenvalue weighted by Gasteiger charge is -2.20. The second-order valence-electron chi connectivity index (χ2n) is 5.87. The number of fused-ring (bicyclic) bond motifs is 2. The van der Waals surface area contributed by atoms with Crippen LogP contribution in [0.15, 0.2) is 34.7 Å². The molecule has 1 amide bonds. The van der Waals surface area contributed by atoms with E-state index >= 15 is 0 Å². The Morgan fingerprint density at radius 2 is 2.23 bits per heavy atom. The molecular formula is C16H16ClN3O2. The maximum Gasteiger partial charge on any atom is 0.287 e. The van der Waals surface area contributed by atoms with Crippen LogP contribution in [0.3, 0.4) is 0 Å². The van der Waals surface area contributed by atoms with Gasteiger partial charge in [0.25, 0.3) is 5.91 Å². The Balaban J connectivity index is 1.48. The second kappa shape index (κ2) is 5.41. The number of carbonyl (C=O) groups is 1. The van der Waals surface area contributed by atoms with Crippen LogP contribution in [0.4, 0.5) is 0 Å². The first-order chi connectivity index (χ1) is 10.7. The van der Waals surface area contributed by atoms with Crippen LogP contribution >= 0.6 is 11.6 Å². The number of nitrogens with zero attached hydrogens (tertiary/aromatic N) is 1. The first kappa shape index (κ1) is 13.8. The van der Waals surface area contributed by atoms with Gasteiger partial charge in [-0.1, -0.05) is 17.7 Å². The molecule has 2 bridgehead atoms. The van der Waals surface area contributed by atoms with Crippen LogP contribution in [-0.2, 0) is 0 Å². The lowest BCUT2D eigenvalue weighted by atomic mass is 9.95. The summed E-state index contributed by atoms with van der Waals surface area (Å²) in [5, 5.41) is 6.96. The number of furan rings is 1. The van der Waals surface area contributed by atoms with E-state index < -0.39 is 0 Å². The maximum atomic E-state index is 12.3. The number of halogens is 1. The SMILES string of the molecule is O=C(NC1CC2CCC1N2)c1ccc(-c2cccc(Cl)n2)o1. The third-order valence-corrected chi connectivity index (χ3v) is 4.62. The van der Waals surface area contributed by atoms with E-state index in [1.54, 1.807) is 30.3 Å². The topological polar surface area (TPSA) is 67.2 Å². The van der Waals surface area contributed by atoms with Crippen molar-refractivity contribution in [3.05, 3.63) is 41.2 Å². The smallest absolute Gasteiger partial charge is 0.287 e. The molecule has 6 heteroatoms. The van der Waals surface area contributed by atoms with Crippen molar-refractivity contribution in [2.75, 3.05) is 0 Å². The van der Waals surface area contributed by atoms with Crippen molar-refractivity contribution in [3.63, 3.8) is 0 Å². The van der Waals surface area contributed by atoms with Crippen molar-refractivity contribution < 1.29 is 9.21 Å². The Labute approximate surface area is 133 Å². The molecule has 22 heavy (non-hydrogen) atoms. The van der Waals surface area contributed by atoms with E-state index in [9.17, 15) is 4.79 Å². The van der Waals surface area contributed by atoms with E-state index in [4.69, 9.17) is 16.0 Å². The first-order valence-electron chi connectivity index (χ1n) is 7.49. The molecule has 2 aromatic rings. The molecule has 5 nitrogen and oxygen atoms in total. The van der Waals surface area contributed by atoms with E-state index in [-0.39, 0.29) is 11.9 Å². The monoisotopic (exact) mass is 317 g/mol. The van der Waals surface area contributed by atoms with Gasteiger partial charge in [0.1, 0.15) is 10.8 Å². The predicted octanol–water partition coefficient (Wildman–Crippen LogP) is 2.62. The van der Waals surface area contributed by atoms with Crippen LogP contribution in [0.5, 0.6) is 0 Å². The number of amides is 1. The summed E-state index contributed by atoms with van der Waals surface area (Å²) in [5.74, 6) is 0.672. The molecule has 4 heterocycles. The summed E-state index contributed by atoms with van der Waals surface area (Å²) >= 11 is 5.87. The lowest BCUT2D eigenvalue weighted by molar-refractivity contribution is 0.0903. The van der Waals surface area contributed by atoms with Gasteiger partial charge in [0.2, 0.25) is 0 Å². The molecule has 4 rings (SSSR count). The fourth-order valence-corrected chi connectivity index (χ4v) is 3.53. The summed E-state index contributed by atoms with van der Waals surface area (Å²) in [6.07, 6.45) is 3.34. The molecule has 0 aliphatic carbocycles. The highest BCUT2D eigenvalue weighted by Gasteiger charge is 2.39. The summed E-state index contributed by atoms with van der Waals surface area (Å²) in [4.78, 5) is 16.5. The zero-order valence-electron chi connectivity index (χ0n) is 11.9. The number of hydrogen-bond acceptors (Lipinski definition) is 4. The van der Waals surface area contributed by atoms with Crippen molar-refractivity contribution in [2.24, 2.45) is 0 Å². The molecule has 0 spiro atoms. The summed E-state index contributed by atoms with van der Waals surface area (Å²) in [7, 11) is 0. The largest absolute Gasteiger partial charge is 0.449 e. The van der Waals surface area contributed by atoms with Crippen molar-refractivity contribution in [2.45, 2.75) is 37.4 Å². The number of hydrogen-bond donors (Lipinski definition) is 2. The Morgan fingerprint density at radius 3 is 2.95 bits per heavy atom. The molecule has 2 aliphatic rings. The molecule has 3 unspecified atom stereocenters. The van der Waals surface area contributed by atoms with Gasteiger partial charge in [-0.15, -0.1) is 0 Å². The van der Waals surface area contributed by atoms with Crippen LogP contribution < -0.4 is 10.6 Å². The van der Waals surface area contributed by atoms with E-state index in [1.165, 1.54) is 6.42 Å². The third-order valence-electron chi connectivity index (χ3n) is 4.41. The standard InChI is InChI=1S/C16H16ClN3O2/c17-15-3-1-2-11(19-15)13-6-7-14(22-13)16(21)20-12-8-9-4-5-10(12)18-9/h1-3,6-7,9-10,12,18H,4-5,8H2,(H,20,21). The van der Waals surface area contributed by atoms with E-state index in [0.29, 0.717) is 34.5 Å². The molecule has 3 atom stereocenters. The minimum Gasteiger partial charge on any atom is -0.449 e. The Hall–Kier alpha value is -1.85. The third kappa shape index (κ3) is 2.51. The van der Waals surface area contributed by atoms with Gasteiger partial charge in [0.15, 0.2) is 11.5 Å².